The highest BCUT2D eigenvalue weighted by Gasteiger charge is 2.34. The van der Waals surface area contributed by atoms with E-state index in [0.29, 0.717) is 12.2 Å². The van der Waals surface area contributed by atoms with Gasteiger partial charge in [-0.05, 0) is 18.4 Å². The van der Waals surface area contributed by atoms with Crippen LogP contribution in [0.15, 0.2) is 6.20 Å². The average Bonchev–Trinajstić information content (AvgIpc) is 2.58. The predicted molar refractivity (Wildman–Crippen MR) is 39.1 cm³/mol. The summed E-state index contributed by atoms with van der Waals surface area (Å²) in [6.45, 7) is 0. The van der Waals surface area contributed by atoms with Gasteiger partial charge in [0.25, 0.3) is 0 Å². The Hall–Kier alpha value is -0.830. The number of aromatic nitrogens is 2. The molecule has 2 atom stereocenters. The molecular formula is C8H10N2O. The molecule has 1 saturated heterocycles. The Kier molecular flexibility index (Phi) is 0.973. The third-order valence-electron chi connectivity index (χ3n) is 2.63. The van der Waals surface area contributed by atoms with Gasteiger partial charge in [0.15, 0.2) is 0 Å². The molecule has 0 aliphatic carbocycles. The molecule has 2 aliphatic rings. The van der Waals surface area contributed by atoms with Crippen molar-refractivity contribution in [1.29, 1.82) is 0 Å². The standard InChI is InChI=1S/C8H10N2O/c1-2-7-8-5(4-9-10-8)3-6(1)11-7/h4,6-7H,1-3H2,(H,9,10). The van der Waals surface area contributed by atoms with Crippen LogP contribution < -0.4 is 0 Å². The fourth-order valence-electron chi connectivity index (χ4n) is 2.08. The van der Waals surface area contributed by atoms with E-state index in [-0.39, 0.29) is 0 Å². The second kappa shape index (κ2) is 1.85. The zero-order valence-electron chi connectivity index (χ0n) is 6.21. The molecule has 3 heterocycles. The molecule has 1 aromatic heterocycles. The Balaban J connectivity index is 2.12. The van der Waals surface area contributed by atoms with Gasteiger partial charge in [-0.25, -0.2) is 0 Å². The van der Waals surface area contributed by atoms with Crippen molar-refractivity contribution in [2.45, 2.75) is 31.5 Å². The van der Waals surface area contributed by atoms with Gasteiger partial charge in [-0.1, -0.05) is 0 Å². The fraction of sp³-hybridized carbons (Fsp3) is 0.625. The van der Waals surface area contributed by atoms with Crippen LogP contribution in [0, 0.1) is 0 Å². The molecule has 3 nitrogen and oxygen atoms in total. The molecule has 0 aromatic carbocycles. The van der Waals surface area contributed by atoms with E-state index in [4.69, 9.17) is 4.74 Å². The maximum absolute atomic E-state index is 5.71. The lowest BCUT2D eigenvalue weighted by Gasteiger charge is -2.19. The molecule has 0 radical (unpaired) electrons. The van der Waals surface area contributed by atoms with E-state index < -0.39 is 0 Å². The molecule has 0 saturated carbocycles. The van der Waals surface area contributed by atoms with Gasteiger partial charge in [0, 0.05) is 6.42 Å². The quantitative estimate of drug-likeness (QED) is 0.603. The van der Waals surface area contributed by atoms with Crippen molar-refractivity contribution < 1.29 is 4.74 Å². The van der Waals surface area contributed by atoms with Gasteiger partial charge < -0.3 is 4.74 Å². The molecule has 11 heavy (non-hydrogen) atoms. The molecule has 58 valence electrons. The van der Waals surface area contributed by atoms with E-state index >= 15 is 0 Å². The number of nitrogens with one attached hydrogen (secondary N) is 1. The molecule has 3 rings (SSSR count). The van der Waals surface area contributed by atoms with E-state index in [1.54, 1.807) is 0 Å². The highest BCUT2D eigenvalue weighted by Crippen LogP contribution is 2.39. The van der Waals surface area contributed by atoms with E-state index in [1.165, 1.54) is 24.1 Å². The maximum atomic E-state index is 5.71. The van der Waals surface area contributed by atoms with Gasteiger partial charge in [0.2, 0.25) is 0 Å². The zero-order chi connectivity index (χ0) is 7.26. The predicted octanol–water partition coefficient (Wildman–Crippen LogP) is 1.19. The van der Waals surface area contributed by atoms with Crippen molar-refractivity contribution in [2.24, 2.45) is 0 Å². The van der Waals surface area contributed by atoms with E-state index in [1.807, 2.05) is 6.20 Å². The summed E-state index contributed by atoms with van der Waals surface area (Å²) < 4.78 is 5.71. The van der Waals surface area contributed by atoms with Crippen LogP contribution in [-0.2, 0) is 11.2 Å². The monoisotopic (exact) mass is 150 g/mol. The third-order valence-corrected chi connectivity index (χ3v) is 2.63. The van der Waals surface area contributed by atoms with Gasteiger partial charge in [0.05, 0.1) is 24.1 Å². The fourth-order valence-corrected chi connectivity index (χ4v) is 2.08. The first kappa shape index (κ1) is 5.77. The summed E-state index contributed by atoms with van der Waals surface area (Å²) in [5.41, 5.74) is 2.59. The Bertz CT molecular complexity index is 281. The number of hydrogen-bond acceptors (Lipinski definition) is 2. The number of nitrogens with zero attached hydrogens (tertiary/aromatic N) is 1. The molecule has 2 bridgehead atoms. The number of fused-ring (bicyclic) bond motifs is 4. The Labute approximate surface area is 64.8 Å². The minimum absolute atomic E-state index is 0.325. The van der Waals surface area contributed by atoms with Crippen LogP contribution in [0.5, 0.6) is 0 Å². The molecule has 3 heteroatoms. The van der Waals surface area contributed by atoms with E-state index in [9.17, 15) is 0 Å². The third kappa shape index (κ3) is 0.688. The van der Waals surface area contributed by atoms with Gasteiger partial charge in [0.1, 0.15) is 0 Å². The maximum Gasteiger partial charge on any atom is 0.0996 e. The molecule has 2 aliphatic heterocycles. The molecule has 2 unspecified atom stereocenters. The van der Waals surface area contributed by atoms with E-state index in [2.05, 4.69) is 10.2 Å². The smallest absolute Gasteiger partial charge is 0.0996 e. The van der Waals surface area contributed by atoms with Gasteiger partial charge >= 0.3 is 0 Å². The average molecular weight is 150 g/mol. The van der Waals surface area contributed by atoms with Crippen molar-refractivity contribution >= 4 is 0 Å². The van der Waals surface area contributed by atoms with Crippen molar-refractivity contribution in [1.82, 2.24) is 10.2 Å². The van der Waals surface area contributed by atoms with E-state index in [0.717, 1.165) is 6.42 Å². The van der Waals surface area contributed by atoms with Crippen molar-refractivity contribution in [3.8, 4) is 0 Å². The lowest BCUT2D eigenvalue weighted by atomic mass is 10.1. The van der Waals surface area contributed by atoms with Crippen molar-refractivity contribution in [3.05, 3.63) is 17.5 Å². The summed E-state index contributed by atoms with van der Waals surface area (Å²) in [7, 11) is 0. The SMILES string of the molecule is c1n[nH]c2c1CC1CCC2O1. The van der Waals surface area contributed by atoms with Crippen LogP contribution in [0.4, 0.5) is 0 Å². The lowest BCUT2D eigenvalue weighted by Crippen LogP contribution is -2.16. The molecule has 0 amide bonds. The number of aromatic amines is 1. The van der Waals surface area contributed by atoms with Gasteiger partial charge in [-0.15, -0.1) is 0 Å². The summed E-state index contributed by atoms with van der Waals surface area (Å²) in [6.07, 6.45) is 6.18. The Morgan fingerprint density at radius 2 is 2.55 bits per heavy atom. The minimum atomic E-state index is 0.325. The first-order chi connectivity index (χ1) is 5.43. The minimum Gasteiger partial charge on any atom is -0.368 e. The molecule has 1 aromatic rings. The second-order valence-corrected chi connectivity index (χ2v) is 3.34. The van der Waals surface area contributed by atoms with Crippen LogP contribution in [0.1, 0.15) is 30.2 Å². The molecule has 0 spiro atoms. The van der Waals surface area contributed by atoms with Crippen LogP contribution >= 0.6 is 0 Å². The largest absolute Gasteiger partial charge is 0.368 e. The summed E-state index contributed by atoms with van der Waals surface area (Å²) >= 11 is 0. The lowest BCUT2D eigenvalue weighted by molar-refractivity contribution is 0.0301. The highest BCUT2D eigenvalue weighted by atomic mass is 16.5. The van der Waals surface area contributed by atoms with Gasteiger partial charge in [-0.2, -0.15) is 5.10 Å². The zero-order valence-corrected chi connectivity index (χ0v) is 6.21. The topological polar surface area (TPSA) is 37.9 Å². The molecule has 1 fully saturated rings. The van der Waals surface area contributed by atoms with Crippen LogP contribution in [0.2, 0.25) is 0 Å². The Morgan fingerprint density at radius 1 is 1.55 bits per heavy atom. The second-order valence-electron chi connectivity index (χ2n) is 3.34. The van der Waals surface area contributed by atoms with Crippen LogP contribution in [-0.4, -0.2) is 16.3 Å². The highest BCUT2D eigenvalue weighted by molar-refractivity contribution is 5.24. The normalized spacial score (nSPS) is 33.8. The molecular weight excluding hydrogens is 140 g/mol. The van der Waals surface area contributed by atoms with Crippen LogP contribution in [0.3, 0.4) is 0 Å². The number of hydrogen-bond donors (Lipinski definition) is 1. The summed E-state index contributed by atoms with van der Waals surface area (Å²) in [5.74, 6) is 0. The summed E-state index contributed by atoms with van der Waals surface area (Å²) in [5, 5.41) is 7.03. The number of rotatable bonds is 0. The first-order valence-corrected chi connectivity index (χ1v) is 4.11. The Morgan fingerprint density at radius 3 is 3.55 bits per heavy atom. The number of H-pyrrole nitrogens is 1. The van der Waals surface area contributed by atoms with Gasteiger partial charge in [-0.3, -0.25) is 5.10 Å². The first-order valence-electron chi connectivity index (χ1n) is 4.11. The van der Waals surface area contributed by atoms with Crippen LogP contribution in [0.25, 0.3) is 0 Å². The van der Waals surface area contributed by atoms with Crippen molar-refractivity contribution in [2.75, 3.05) is 0 Å². The summed E-state index contributed by atoms with van der Waals surface area (Å²) in [4.78, 5) is 0. The molecule has 1 N–H and O–H groups in total. The number of ether oxygens (including phenoxy) is 1. The van der Waals surface area contributed by atoms with Crippen molar-refractivity contribution in [3.63, 3.8) is 0 Å². The summed E-state index contributed by atoms with van der Waals surface area (Å²) in [6, 6.07) is 0.